The summed E-state index contributed by atoms with van der Waals surface area (Å²) in [4.78, 5) is 11.4. The molecule has 0 amide bonds. The van der Waals surface area contributed by atoms with Crippen LogP contribution < -0.4 is 10.6 Å². The Hall–Kier alpha value is -1.23. The van der Waals surface area contributed by atoms with E-state index in [0.29, 0.717) is 16.7 Å². The van der Waals surface area contributed by atoms with Crippen molar-refractivity contribution in [3.05, 3.63) is 18.1 Å². The highest BCUT2D eigenvalue weighted by molar-refractivity contribution is 7.80. The molecule has 2 N–H and O–H groups in total. The molecule has 0 saturated carbocycles. The van der Waals surface area contributed by atoms with Crippen LogP contribution in [0.5, 0.6) is 0 Å². The van der Waals surface area contributed by atoms with Crippen LogP contribution in [-0.2, 0) is 0 Å². The van der Waals surface area contributed by atoms with Crippen LogP contribution in [0.15, 0.2) is 12.4 Å². The van der Waals surface area contributed by atoms with Crippen LogP contribution in [0.4, 0.5) is 5.82 Å². The van der Waals surface area contributed by atoms with Crippen LogP contribution in [0.3, 0.4) is 0 Å². The number of nitrogens with zero attached hydrogens (tertiary/aromatic N) is 3. The minimum absolute atomic E-state index is 0.303. The molecule has 1 saturated heterocycles. The molecule has 0 spiro atoms. The Bertz CT molecular complexity index is 404. The second kappa shape index (κ2) is 6.09. The van der Waals surface area contributed by atoms with Gasteiger partial charge in [0.25, 0.3) is 0 Å². The largest absolute Gasteiger partial charge is 0.388 e. The van der Waals surface area contributed by atoms with Gasteiger partial charge >= 0.3 is 0 Å². The van der Waals surface area contributed by atoms with E-state index in [-0.39, 0.29) is 0 Å². The van der Waals surface area contributed by atoms with Gasteiger partial charge in [-0.3, -0.25) is 0 Å². The number of anilines is 1. The van der Waals surface area contributed by atoms with Gasteiger partial charge in [-0.25, -0.2) is 9.97 Å². The predicted molar refractivity (Wildman–Crippen MR) is 77.8 cm³/mol. The lowest BCUT2D eigenvalue weighted by Crippen LogP contribution is -2.35. The first-order valence-electron chi connectivity index (χ1n) is 6.61. The van der Waals surface area contributed by atoms with Crippen molar-refractivity contribution in [3.8, 4) is 0 Å². The third-order valence-corrected chi connectivity index (χ3v) is 3.74. The van der Waals surface area contributed by atoms with Crippen LogP contribution in [-0.4, -0.2) is 27.5 Å². The Labute approximate surface area is 114 Å². The Kier molecular flexibility index (Phi) is 4.47. The molecular weight excluding hydrogens is 244 g/mol. The summed E-state index contributed by atoms with van der Waals surface area (Å²) in [5, 5.41) is 0. The second-order valence-corrected chi connectivity index (χ2v) is 5.17. The maximum Gasteiger partial charge on any atom is 0.147 e. The average Bonchev–Trinajstić information content (AvgIpc) is 2.63. The monoisotopic (exact) mass is 264 g/mol. The zero-order chi connectivity index (χ0) is 13.0. The zero-order valence-electron chi connectivity index (χ0n) is 10.8. The summed E-state index contributed by atoms with van der Waals surface area (Å²) >= 11 is 4.89. The Balaban J connectivity index is 2.19. The minimum Gasteiger partial charge on any atom is -0.388 e. The smallest absolute Gasteiger partial charge is 0.147 e. The van der Waals surface area contributed by atoms with Gasteiger partial charge in [-0.1, -0.05) is 32.0 Å². The van der Waals surface area contributed by atoms with Gasteiger partial charge in [-0.15, -0.1) is 0 Å². The second-order valence-electron chi connectivity index (χ2n) is 4.73. The third-order valence-electron chi connectivity index (χ3n) is 3.53. The molecule has 18 heavy (non-hydrogen) atoms. The van der Waals surface area contributed by atoms with E-state index >= 15 is 0 Å². The van der Waals surface area contributed by atoms with Gasteiger partial charge in [-0.05, 0) is 19.3 Å². The van der Waals surface area contributed by atoms with E-state index in [4.69, 9.17) is 18.0 Å². The average molecular weight is 264 g/mol. The van der Waals surface area contributed by atoms with Gasteiger partial charge in [-0.2, -0.15) is 0 Å². The lowest BCUT2D eigenvalue weighted by atomic mass is 10.1. The quantitative estimate of drug-likeness (QED) is 0.849. The number of nitrogens with two attached hydrogens (primary N) is 1. The van der Waals surface area contributed by atoms with Crippen molar-refractivity contribution in [1.82, 2.24) is 9.97 Å². The number of rotatable bonds is 3. The molecular formula is C13H20N4S. The molecule has 4 nitrogen and oxygen atoms in total. The van der Waals surface area contributed by atoms with E-state index in [1.165, 1.54) is 25.7 Å². The molecule has 1 fully saturated rings. The fourth-order valence-electron chi connectivity index (χ4n) is 2.50. The molecule has 1 aliphatic heterocycles. The van der Waals surface area contributed by atoms with Crippen LogP contribution in [0, 0.1) is 0 Å². The Morgan fingerprint density at radius 2 is 2.22 bits per heavy atom. The highest BCUT2D eigenvalue weighted by Crippen LogP contribution is 2.23. The van der Waals surface area contributed by atoms with E-state index in [1.807, 2.05) is 0 Å². The molecule has 0 bridgehead atoms. The number of thiocarbonyl (C=S) groups is 1. The zero-order valence-corrected chi connectivity index (χ0v) is 11.6. The summed E-state index contributed by atoms with van der Waals surface area (Å²) < 4.78 is 0. The summed E-state index contributed by atoms with van der Waals surface area (Å²) in [6, 6.07) is 0.581. The van der Waals surface area contributed by atoms with E-state index < -0.39 is 0 Å². The van der Waals surface area contributed by atoms with Crippen molar-refractivity contribution < 1.29 is 0 Å². The number of aromatic nitrogens is 2. The Morgan fingerprint density at radius 1 is 1.39 bits per heavy atom. The van der Waals surface area contributed by atoms with Gasteiger partial charge in [0.15, 0.2) is 0 Å². The summed E-state index contributed by atoms with van der Waals surface area (Å²) in [5.74, 6) is 0.948. The minimum atomic E-state index is 0.303. The molecule has 0 aromatic carbocycles. The lowest BCUT2D eigenvalue weighted by molar-refractivity contribution is 0.551. The maximum atomic E-state index is 5.54. The van der Waals surface area contributed by atoms with Gasteiger partial charge < -0.3 is 10.6 Å². The number of hydrogen-bond acceptors (Lipinski definition) is 4. The van der Waals surface area contributed by atoms with E-state index in [2.05, 4.69) is 21.8 Å². The van der Waals surface area contributed by atoms with E-state index in [9.17, 15) is 0 Å². The fraction of sp³-hybridized carbons (Fsp3) is 0.615. The van der Waals surface area contributed by atoms with Gasteiger partial charge in [0, 0.05) is 12.6 Å². The first-order valence-corrected chi connectivity index (χ1v) is 7.01. The molecule has 1 aliphatic rings. The van der Waals surface area contributed by atoms with Crippen molar-refractivity contribution in [3.63, 3.8) is 0 Å². The first-order chi connectivity index (χ1) is 8.72. The van der Waals surface area contributed by atoms with Crippen molar-refractivity contribution in [2.24, 2.45) is 5.73 Å². The fourth-order valence-corrected chi connectivity index (χ4v) is 2.61. The summed E-state index contributed by atoms with van der Waals surface area (Å²) in [5.41, 5.74) is 6.13. The molecule has 5 heteroatoms. The van der Waals surface area contributed by atoms with Crippen molar-refractivity contribution in [2.45, 2.75) is 45.1 Å². The third kappa shape index (κ3) is 2.96. The molecule has 98 valence electrons. The van der Waals surface area contributed by atoms with Crippen molar-refractivity contribution in [2.75, 3.05) is 11.4 Å². The molecule has 0 radical (unpaired) electrons. The normalized spacial score (nSPS) is 20.5. The van der Waals surface area contributed by atoms with Crippen LogP contribution in [0.1, 0.15) is 44.7 Å². The van der Waals surface area contributed by atoms with E-state index in [0.717, 1.165) is 18.8 Å². The predicted octanol–water partition coefficient (Wildman–Crippen LogP) is 2.27. The van der Waals surface area contributed by atoms with E-state index in [1.54, 1.807) is 12.4 Å². The first kappa shape index (κ1) is 13.2. The molecule has 1 aromatic rings. The topological polar surface area (TPSA) is 55.0 Å². The summed E-state index contributed by atoms with van der Waals surface area (Å²) in [6.45, 7) is 3.30. The summed E-state index contributed by atoms with van der Waals surface area (Å²) in [7, 11) is 0. The van der Waals surface area contributed by atoms with Crippen molar-refractivity contribution >= 4 is 23.0 Å². The lowest BCUT2D eigenvalue weighted by Gasteiger charge is -2.30. The van der Waals surface area contributed by atoms with Crippen molar-refractivity contribution in [1.29, 1.82) is 0 Å². The number of hydrogen-bond donors (Lipinski definition) is 1. The van der Waals surface area contributed by atoms with Crippen LogP contribution >= 0.6 is 12.2 Å². The highest BCUT2D eigenvalue weighted by Gasteiger charge is 2.20. The maximum absolute atomic E-state index is 5.54. The van der Waals surface area contributed by atoms with Crippen LogP contribution in [0.25, 0.3) is 0 Å². The molecule has 2 rings (SSSR count). The van der Waals surface area contributed by atoms with Gasteiger partial charge in [0.05, 0.1) is 12.4 Å². The molecule has 1 unspecified atom stereocenters. The van der Waals surface area contributed by atoms with Gasteiger partial charge in [0.1, 0.15) is 16.5 Å². The van der Waals surface area contributed by atoms with Gasteiger partial charge in [0.2, 0.25) is 0 Å². The van der Waals surface area contributed by atoms with Crippen LogP contribution in [0.2, 0.25) is 0 Å². The SMILES string of the molecule is CCC1CCCCCN1c1cnc(C(N)=S)cn1. The standard InChI is InChI=1S/C13H20N4S/c1-2-10-6-4-3-5-7-17(10)12-9-15-11(8-16-12)13(14)18/h8-10H,2-7H2,1H3,(H2,14,18). The highest BCUT2D eigenvalue weighted by atomic mass is 32.1. The molecule has 2 heterocycles. The molecule has 0 aliphatic carbocycles. The molecule has 1 atom stereocenters. The summed E-state index contributed by atoms with van der Waals surface area (Å²) in [6.07, 6.45) is 9.72. The molecule has 1 aromatic heterocycles. The Morgan fingerprint density at radius 3 is 2.83 bits per heavy atom.